The number of rotatable bonds is 3. The smallest absolute Gasteiger partial charge is 0.195 e. The molecule has 6 heteroatoms. The lowest BCUT2D eigenvalue weighted by atomic mass is 9.84. The van der Waals surface area contributed by atoms with E-state index in [-0.39, 0.29) is 11.7 Å². The van der Waals surface area contributed by atoms with Crippen LogP contribution in [-0.4, -0.2) is 22.3 Å². The predicted octanol–water partition coefficient (Wildman–Crippen LogP) is 5.75. The molecule has 1 atom stereocenters. The van der Waals surface area contributed by atoms with Crippen molar-refractivity contribution in [2.75, 3.05) is 7.11 Å². The van der Waals surface area contributed by atoms with E-state index in [0.717, 1.165) is 43.4 Å². The number of thiazole rings is 1. The number of methoxy groups -OCH3 is 1. The quantitative estimate of drug-likeness (QED) is 0.397. The predicted molar refractivity (Wildman–Crippen MR) is 115 cm³/mol. The Balaban J connectivity index is 1.52. The minimum absolute atomic E-state index is 0.183. The maximum Gasteiger partial charge on any atom is 0.195 e. The van der Waals surface area contributed by atoms with Gasteiger partial charge in [-0.05, 0) is 42.2 Å². The molecule has 28 heavy (non-hydrogen) atoms. The van der Waals surface area contributed by atoms with Crippen LogP contribution in [-0.2, 0) is 6.42 Å². The first-order valence-corrected chi connectivity index (χ1v) is 10.7. The van der Waals surface area contributed by atoms with Crippen molar-refractivity contribution in [2.24, 2.45) is 0 Å². The number of ketones is 1. The van der Waals surface area contributed by atoms with Crippen LogP contribution in [0.4, 0.5) is 0 Å². The van der Waals surface area contributed by atoms with E-state index in [1.165, 1.54) is 16.9 Å². The molecule has 1 aliphatic rings. The number of hydrogen-bond acceptors (Lipinski definition) is 4. The highest BCUT2D eigenvalue weighted by molar-refractivity contribution is 9.10. The number of carbonyl (C=O) groups excluding carboxylic acids is 1. The summed E-state index contributed by atoms with van der Waals surface area (Å²) in [5, 5.41) is 0. The molecule has 1 aliphatic carbocycles. The van der Waals surface area contributed by atoms with Crippen LogP contribution >= 0.6 is 27.3 Å². The number of fused-ring (bicyclic) bond motifs is 3. The van der Waals surface area contributed by atoms with E-state index < -0.39 is 0 Å². The van der Waals surface area contributed by atoms with Gasteiger partial charge < -0.3 is 4.74 Å². The number of ether oxygens (including phenoxy) is 1. The topological polar surface area (TPSA) is 43.6 Å². The van der Waals surface area contributed by atoms with Gasteiger partial charge in [-0.25, -0.2) is 4.98 Å². The Hall–Kier alpha value is -2.44. The summed E-state index contributed by atoms with van der Waals surface area (Å²) in [4.78, 5) is 19.3. The van der Waals surface area contributed by atoms with Crippen molar-refractivity contribution in [3.8, 4) is 17.0 Å². The second kappa shape index (κ2) is 6.87. The fourth-order valence-electron chi connectivity index (χ4n) is 3.79. The second-order valence-electron chi connectivity index (χ2n) is 6.97. The lowest BCUT2D eigenvalue weighted by Crippen LogP contribution is -2.18. The van der Waals surface area contributed by atoms with Gasteiger partial charge in [0, 0.05) is 28.3 Å². The molecule has 1 unspecified atom stereocenters. The maximum absolute atomic E-state index is 12.8. The molecule has 2 aromatic heterocycles. The summed E-state index contributed by atoms with van der Waals surface area (Å²) >= 11 is 4.97. The normalized spacial score (nSPS) is 16.4. The van der Waals surface area contributed by atoms with Gasteiger partial charge in [0.2, 0.25) is 0 Å². The molecule has 4 nitrogen and oxygen atoms in total. The molecule has 0 saturated heterocycles. The molecule has 4 aromatic rings. The molecule has 2 aromatic carbocycles. The summed E-state index contributed by atoms with van der Waals surface area (Å²) in [6.45, 7) is 0. The van der Waals surface area contributed by atoms with E-state index in [2.05, 4.69) is 38.7 Å². The van der Waals surface area contributed by atoms with Crippen LogP contribution in [0.2, 0.25) is 0 Å². The number of nitrogens with zero attached hydrogens (tertiary/aromatic N) is 2. The van der Waals surface area contributed by atoms with Crippen molar-refractivity contribution in [2.45, 2.75) is 18.8 Å². The zero-order valence-corrected chi connectivity index (χ0v) is 17.6. The van der Waals surface area contributed by atoms with Gasteiger partial charge in [0.25, 0.3) is 0 Å². The zero-order chi connectivity index (χ0) is 19.3. The summed E-state index contributed by atoms with van der Waals surface area (Å²) in [5.41, 5.74) is 4.25. The van der Waals surface area contributed by atoms with E-state index in [4.69, 9.17) is 9.72 Å². The van der Waals surface area contributed by atoms with Crippen LogP contribution < -0.4 is 4.74 Å². The third-order valence-electron chi connectivity index (χ3n) is 5.27. The number of halogens is 1. The Morgan fingerprint density at radius 3 is 2.57 bits per heavy atom. The molecule has 0 amide bonds. The summed E-state index contributed by atoms with van der Waals surface area (Å²) in [5.74, 6) is 1.23. The van der Waals surface area contributed by atoms with Gasteiger partial charge in [0.05, 0.1) is 17.7 Å². The van der Waals surface area contributed by atoms with Gasteiger partial charge in [-0.3, -0.25) is 9.20 Å². The molecular weight excluding hydrogens is 436 g/mol. The molecule has 5 rings (SSSR count). The van der Waals surface area contributed by atoms with Crippen LogP contribution in [0.1, 0.15) is 33.3 Å². The maximum atomic E-state index is 12.8. The van der Waals surface area contributed by atoms with E-state index in [1.807, 2.05) is 36.4 Å². The average molecular weight is 453 g/mol. The third kappa shape index (κ3) is 2.97. The van der Waals surface area contributed by atoms with Crippen molar-refractivity contribution >= 4 is 38.0 Å². The second-order valence-corrected chi connectivity index (χ2v) is 8.86. The summed E-state index contributed by atoms with van der Waals surface area (Å²) in [7, 11) is 1.66. The van der Waals surface area contributed by atoms with Crippen molar-refractivity contribution in [3.05, 3.63) is 75.3 Å². The molecule has 140 valence electrons. The largest absolute Gasteiger partial charge is 0.497 e. The highest BCUT2D eigenvalue weighted by Crippen LogP contribution is 2.38. The highest BCUT2D eigenvalue weighted by atomic mass is 79.9. The Bertz CT molecular complexity index is 1180. The number of aromatic nitrogens is 2. The van der Waals surface area contributed by atoms with E-state index in [0.29, 0.717) is 6.42 Å². The standard InChI is InChI=1S/C22H17BrN2O2S/c1-27-17-8-4-13(5-9-17)15-10-19-21(20(26)11-15)28-22-24-18(12-25(19)22)14-2-6-16(23)7-3-14/h2-9,12,15H,10-11H2,1H3. The van der Waals surface area contributed by atoms with Gasteiger partial charge in [0.1, 0.15) is 5.75 Å². The molecule has 0 aliphatic heterocycles. The van der Waals surface area contributed by atoms with Crippen LogP contribution in [0, 0.1) is 0 Å². The van der Waals surface area contributed by atoms with Gasteiger partial charge in [-0.2, -0.15) is 0 Å². The fourth-order valence-corrected chi connectivity index (χ4v) is 5.14. The first-order chi connectivity index (χ1) is 13.6. The van der Waals surface area contributed by atoms with Crippen molar-refractivity contribution in [1.82, 2.24) is 9.38 Å². The molecule has 0 fully saturated rings. The molecule has 2 heterocycles. The average Bonchev–Trinajstić information content (AvgIpc) is 3.28. The van der Waals surface area contributed by atoms with Gasteiger partial charge >= 0.3 is 0 Å². The van der Waals surface area contributed by atoms with Gasteiger partial charge in [0.15, 0.2) is 10.7 Å². The Kier molecular flexibility index (Phi) is 4.33. The summed E-state index contributed by atoms with van der Waals surface area (Å²) in [6.07, 6.45) is 3.43. The fraction of sp³-hybridized carbons (Fsp3) is 0.182. The minimum Gasteiger partial charge on any atom is -0.497 e. The Morgan fingerprint density at radius 1 is 1.11 bits per heavy atom. The molecule has 0 N–H and O–H groups in total. The molecule has 0 bridgehead atoms. The lowest BCUT2D eigenvalue weighted by Gasteiger charge is -2.21. The van der Waals surface area contributed by atoms with Crippen molar-refractivity contribution in [1.29, 1.82) is 0 Å². The zero-order valence-electron chi connectivity index (χ0n) is 15.2. The van der Waals surface area contributed by atoms with E-state index in [9.17, 15) is 4.79 Å². The van der Waals surface area contributed by atoms with Gasteiger partial charge in [-0.1, -0.05) is 51.5 Å². The monoisotopic (exact) mass is 452 g/mol. The van der Waals surface area contributed by atoms with Crippen LogP contribution in [0.25, 0.3) is 16.2 Å². The van der Waals surface area contributed by atoms with Gasteiger partial charge in [-0.15, -0.1) is 0 Å². The van der Waals surface area contributed by atoms with E-state index >= 15 is 0 Å². The molecule has 0 radical (unpaired) electrons. The first-order valence-electron chi connectivity index (χ1n) is 9.06. The van der Waals surface area contributed by atoms with Crippen LogP contribution in [0.5, 0.6) is 5.75 Å². The summed E-state index contributed by atoms with van der Waals surface area (Å²) < 4.78 is 8.40. The van der Waals surface area contributed by atoms with Crippen LogP contribution in [0.3, 0.4) is 0 Å². The van der Waals surface area contributed by atoms with E-state index in [1.54, 1.807) is 7.11 Å². The molecular formula is C22H17BrN2O2S. The first kappa shape index (κ1) is 17.6. The minimum atomic E-state index is 0.183. The summed E-state index contributed by atoms with van der Waals surface area (Å²) in [6, 6.07) is 16.2. The highest BCUT2D eigenvalue weighted by Gasteiger charge is 2.30. The van der Waals surface area contributed by atoms with Crippen molar-refractivity contribution < 1.29 is 9.53 Å². The number of benzene rings is 2. The SMILES string of the molecule is COc1ccc(C2CC(=O)c3sc4nc(-c5ccc(Br)cc5)cn4c3C2)cc1. The number of hydrogen-bond donors (Lipinski definition) is 0. The lowest BCUT2D eigenvalue weighted by molar-refractivity contribution is 0.0967. The number of carbonyl (C=O) groups is 1. The third-order valence-corrected chi connectivity index (χ3v) is 6.94. The Morgan fingerprint density at radius 2 is 1.86 bits per heavy atom. The molecule has 0 saturated carbocycles. The number of imidazole rings is 1. The van der Waals surface area contributed by atoms with Crippen LogP contribution in [0.15, 0.2) is 59.2 Å². The van der Waals surface area contributed by atoms with Crippen molar-refractivity contribution in [3.63, 3.8) is 0 Å². The Labute approximate surface area is 174 Å². The number of Topliss-reactive ketones (excluding diaryl/α,β-unsaturated/α-hetero) is 1. The molecule has 0 spiro atoms.